The molecule has 0 aliphatic rings. The van der Waals surface area contributed by atoms with E-state index in [2.05, 4.69) is 22.2 Å². The van der Waals surface area contributed by atoms with Gasteiger partial charge >= 0.3 is 0 Å². The second-order valence-electron chi connectivity index (χ2n) is 3.16. The molecular formula is C10H16ClN3O. The van der Waals surface area contributed by atoms with E-state index in [1.54, 1.807) is 13.2 Å². The van der Waals surface area contributed by atoms with Crippen molar-refractivity contribution in [3.63, 3.8) is 0 Å². The Kier molecular flexibility index (Phi) is 5.36. The zero-order valence-corrected chi connectivity index (χ0v) is 9.84. The number of aryl methyl sites for hydroxylation is 1. The summed E-state index contributed by atoms with van der Waals surface area (Å²) in [5.74, 6) is 1.54. The number of rotatable bonds is 6. The molecule has 0 aliphatic heterocycles. The zero-order valence-electron chi connectivity index (χ0n) is 9.09. The van der Waals surface area contributed by atoms with Crippen LogP contribution in [0.5, 0.6) is 0 Å². The van der Waals surface area contributed by atoms with E-state index in [-0.39, 0.29) is 0 Å². The van der Waals surface area contributed by atoms with Gasteiger partial charge in [-0.05, 0) is 6.42 Å². The lowest BCUT2D eigenvalue weighted by molar-refractivity contribution is 0.210. The lowest BCUT2D eigenvalue weighted by atomic mass is 10.3. The molecule has 1 heterocycles. The second kappa shape index (κ2) is 6.58. The largest absolute Gasteiger partial charge is 0.383 e. The third-order valence-corrected chi connectivity index (χ3v) is 2.02. The monoisotopic (exact) mass is 229 g/mol. The van der Waals surface area contributed by atoms with Crippen LogP contribution in [0.4, 0.5) is 5.82 Å². The Morgan fingerprint density at radius 2 is 2.27 bits per heavy atom. The highest BCUT2D eigenvalue weighted by molar-refractivity contribution is 6.29. The van der Waals surface area contributed by atoms with Crippen LogP contribution in [0, 0.1) is 0 Å². The van der Waals surface area contributed by atoms with Crippen molar-refractivity contribution >= 4 is 17.4 Å². The summed E-state index contributed by atoms with van der Waals surface area (Å²) in [6.07, 6.45) is 1.86. The van der Waals surface area contributed by atoms with Crippen molar-refractivity contribution in [3.8, 4) is 0 Å². The zero-order chi connectivity index (χ0) is 11.1. The van der Waals surface area contributed by atoms with Gasteiger partial charge in [0.1, 0.15) is 16.8 Å². The molecule has 5 heteroatoms. The van der Waals surface area contributed by atoms with Crippen LogP contribution in [0.1, 0.15) is 19.2 Å². The first kappa shape index (κ1) is 12.2. The average molecular weight is 230 g/mol. The van der Waals surface area contributed by atoms with E-state index in [1.165, 1.54) is 0 Å². The van der Waals surface area contributed by atoms with Gasteiger partial charge in [0.05, 0.1) is 6.61 Å². The molecule has 0 atom stereocenters. The van der Waals surface area contributed by atoms with E-state index in [9.17, 15) is 0 Å². The van der Waals surface area contributed by atoms with Gasteiger partial charge in [0.15, 0.2) is 0 Å². The molecule has 84 valence electrons. The van der Waals surface area contributed by atoms with Gasteiger partial charge in [0, 0.05) is 26.1 Å². The molecule has 0 bridgehead atoms. The topological polar surface area (TPSA) is 47.0 Å². The molecule has 1 rings (SSSR count). The summed E-state index contributed by atoms with van der Waals surface area (Å²) >= 11 is 5.88. The number of ether oxygens (including phenoxy) is 1. The van der Waals surface area contributed by atoms with Crippen LogP contribution in [0.25, 0.3) is 0 Å². The van der Waals surface area contributed by atoms with Crippen LogP contribution in [-0.2, 0) is 11.2 Å². The Balaban J connectivity index is 2.62. The van der Waals surface area contributed by atoms with Crippen LogP contribution in [0.15, 0.2) is 6.07 Å². The maximum atomic E-state index is 5.88. The maximum Gasteiger partial charge on any atom is 0.134 e. The normalized spacial score (nSPS) is 10.3. The fourth-order valence-electron chi connectivity index (χ4n) is 1.17. The number of nitrogens with one attached hydrogen (secondary N) is 1. The van der Waals surface area contributed by atoms with E-state index >= 15 is 0 Å². The summed E-state index contributed by atoms with van der Waals surface area (Å²) in [5.41, 5.74) is 0. The van der Waals surface area contributed by atoms with Gasteiger partial charge in [-0.2, -0.15) is 0 Å². The molecule has 0 saturated heterocycles. The molecule has 1 N–H and O–H groups in total. The van der Waals surface area contributed by atoms with E-state index in [1.807, 2.05) is 0 Å². The summed E-state index contributed by atoms with van der Waals surface area (Å²) in [7, 11) is 1.66. The number of hydrogen-bond acceptors (Lipinski definition) is 4. The molecule has 0 saturated carbocycles. The summed E-state index contributed by atoms with van der Waals surface area (Å²) in [6.45, 7) is 3.45. The number of anilines is 1. The average Bonchev–Trinajstić information content (AvgIpc) is 2.18. The molecule has 1 aromatic heterocycles. The van der Waals surface area contributed by atoms with E-state index < -0.39 is 0 Å². The second-order valence-corrected chi connectivity index (χ2v) is 3.55. The van der Waals surface area contributed by atoms with Crippen LogP contribution in [0.3, 0.4) is 0 Å². The molecule has 0 aromatic carbocycles. The van der Waals surface area contributed by atoms with Crippen molar-refractivity contribution in [2.24, 2.45) is 0 Å². The van der Waals surface area contributed by atoms with Crippen molar-refractivity contribution in [1.82, 2.24) is 9.97 Å². The molecule has 1 aromatic rings. The van der Waals surface area contributed by atoms with Gasteiger partial charge < -0.3 is 10.1 Å². The van der Waals surface area contributed by atoms with Crippen LogP contribution >= 0.6 is 11.6 Å². The highest BCUT2D eigenvalue weighted by Crippen LogP contribution is 2.12. The highest BCUT2D eigenvalue weighted by Gasteiger charge is 2.01. The van der Waals surface area contributed by atoms with E-state index in [4.69, 9.17) is 16.3 Å². The van der Waals surface area contributed by atoms with Gasteiger partial charge in [-0.3, -0.25) is 0 Å². The Morgan fingerprint density at radius 1 is 1.47 bits per heavy atom. The van der Waals surface area contributed by atoms with Crippen molar-refractivity contribution in [1.29, 1.82) is 0 Å². The fourth-order valence-corrected chi connectivity index (χ4v) is 1.37. The Hall–Kier alpha value is -0.870. The smallest absolute Gasteiger partial charge is 0.134 e. The third kappa shape index (κ3) is 4.44. The minimum Gasteiger partial charge on any atom is -0.383 e. The number of nitrogens with zero attached hydrogens (tertiary/aromatic N) is 2. The lowest BCUT2D eigenvalue weighted by Gasteiger charge is -2.06. The molecule has 0 amide bonds. The van der Waals surface area contributed by atoms with Gasteiger partial charge in [0.2, 0.25) is 0 Å². The Labute approximate surface area is 95.0 Å². The highest BCUT2D eigenvalue weighted by atomic mass is 35.5. The van der Waals surface area contributed by atoms with Crippen molar-refractivity contribution in [3.05, 3.63) is 17.0 Å². The minimum atomic E-state index is 0.480. The predicted octanol–water partition coefficient (Wildman–Crippen LogP) is 2.14. The molecule has 15 heavy (non-hydrogen) atoms. The summed E-state index contributed by atoms with van der Waals surface area (Å²) in [4.78, 5) is 8.47. The summed E-state index contributed by atoms with van der Waals surface area (Å²) < 4.78 is 4.93. The number of aromatic nitrogens is 2. The van der Waals surface area contributed by atoms with E-state index in [0.717, 1.165) is 31.0 Å². The third-order valence-electron chi connectivity index (χ3n) is 1.83. The van der Waals surface area contributed by atoms with Crippen molar-refractivity contribution < 1.29 is 4.74 Å². The molecule has 0 radical (unpaired) electrons. The predicted molar refractivity (Wildman–Crippen MR) is 61.4 cm³/mol. The number of hydrogen-bond donors (Lipinski definition) is 1. The standard InChI is InChI=1S/C10H16ClN3O/c1-3-4-9-13-8(11)7-10(14-9)12-5-6-15-2/h7H,3-6H2,1-2H3,(H,12,13,14). The van der Waals surface area contributed by atoms with Gasteiger partial charge in [-0.1, -0.05) is 18.5 Å². The number of methoxy groups -OCH3 is 1. The molecule has 0 unspecified atom stereocenters. The Morgan fingerprint density at radius 3 is 2.93 bits per heavy atom. The minimum absolute atomic E-state index is 0.480. The quantitative estimate of drug-likeness (QED) is 0.600. The van der Waals surface area contributed by atoms with Crippen molar-refractivity contribution in [2.45, 2.75) is 19.8 Å². The molecule has 0 spiro atoms. The first-order valence-electron chi connectivity index (χ1n) is 5.02. The molecular weight excluding hydrogens is 214 g/mol. The van der Waals surface area contributed by atoms with Gasteiger partial charge in [-0.15, -0.1) is 0 Å². The maximum absolute atomic E-state index is 5.88. The molecule has 0 aliphatic carbocycles. The molecule has 4 nitrogen and oxygen atoms in total. The van der Waals surface area contributed by atoms with Crippen LogP contribution in [-0.4, -0.2) is 30.2 Å². The summed E-state index contributed by atoms with van der Waals surface area (Å²) in [5, 5.41) is 3.60. The van der Waals surface area contributed by atoms with Crippen LogP contribution in [0.2, 0.25) is 5.15 Å². The van der Waals surface area contributed by atoms with E-state index in [0.29, 0.717) is 11.8 Å². The fraction of sp³-hybridized carbons (Fsp3) is 0.600. The summed E-state index contributed by atoms with van der Waals surface area (Å²) in [6, 6.07) is 1.72. The van der Waals surface area contributed by atoms with Crippen LogP contribution < -0.4 is 5.32 Å². The SMILES string of the molecule is CCCc1nc(Cl)cc(NCCOC)n1. The first-order valence-corrected chi connectivity index (χ1v) is 5.40. The lowest BCUT2D eigenvalue weighted by Crippen LogP contribution is -2.10. The Bertz CT molecular complexity index is 307. The number of halogens is 1. The van der Waals surface area contributed by atoms with Gasteiger partial charge in [-0.25, -0.2) is 9.97 Å². The molecule has 0 fully saturated rings. The first-order chi connectivity index (χ1) is 7.26. The van der Waals surface area contributed by atoms with Crippen molar-refractivity contribution in [2.75, 3.05) is 25.6 Å². The van der Waals surface area contributed by atoms with Gasteiger partial charge in [0.25, 0.3) is 0 Å².